The van der Waals surface area contributed by atoms with E-state index in [-0.39, 0.29) is 18.9 Å². The molecule has 4 rings (SSSR count). The fraction of sp³-hybridized carbons (Fsp3) is 0.217. The average Bonchev–Trinajstić information content (AvgIpc) is 3.44. The molecule has 2 aromatic carbocycles. The van der Waals surface area contributed by atoms with Crippen molar-refractivity contribution in [2.45, 2.75) is 19.9 Å². The van der Waals surface area contributed by atoms with Gasteiger partial charge >= 0.3 is 0 Å². The fourth-order valence-electron chi connectivity index (χ4n) is 3.18. The Morgan fingerprint density at radius 3 is 2.68 bits per heavy atom. The average molecular weight is 457 g/mol. The lowest BCUT2D eigenvalue weighted by Gasteiger charge is -2.19. The zero-order valence-electron chi connectivity index (χ0n) is 17.1. The SMILES string of the molecule is CCOc1ccc(CC(=O)N(Cc2ccco2)c2nc3c(OC)ccc(Cl)c3s2)cc1. The number of furan rings is 1. The Balaban J connectivity index is 1.66. The Labute approximate surface area is 189 Å². The number of carbonyl (C=O) groups excluding carboxylic acids is 1. The number of hydrogen-bond acceptors (Lipinski definition) is 6. The van der Waals surface area contributed by atoms with Gasteiger partial charge in [0.2, 0.25) is 5.91 Å². The monoisotopic (exact) mass is 456 g/mol. The quantitative estimate of drug-likeness (QED) is 0.339. The van der Waals surface area contributed by atoms with Crippen molar-refractivity contribution in [2.24, 2.45) is 0 Å². The summed E-state index contributed by atoms with van der Waals surface area (Å²) in [5.74, 6) is 1.95. The summed E-state index contributed by atoms with van der Waals surface area (Å²) in [5, 5.41) is 1.10. The Hall–Kier alpha value is -3.03. The molecule has 0 N–H and O–H groups in total. The van der Waals surface area contributed by atoms with E-state index in [4.69, 9.17) is 25.5 Å². The molecule has 0 unspecified atom stereocenters. The maximum absolute atomic E-state index is 13.3. The van der Waals surface area contributed by atoms with Crippen LogP contribution in [-0.2, 0) is 17.8 Å². The van der Waals surface area contributed by atoms with Gasteiger partial charge in [0.1, 0.15) is 22.8 Å². The highest BCUT2D eigenvalue weighted by molar-refractivity contribution is 7.23. The number of thiazole rings is 1. The lowest BCUT2D eigenvalue weighted by molar-refractivity contribution is -0.118. The molecule has 31 heavy (non-hydrogen) atoms. The van der Waals surface area contributed by atoms with Crippen molar-refractivity contribution in [2.75, 3.05) is 18.6 Å². The van der Waals surface area contributed by atoms with Crippen LogP contribution in [0.3, 0.4) is 0 Å². The molecular formula is C23H21ClN2O4S. The van der Waals surface area contributed by atoms with Crippen molar-refractivity contribution in [3.05, 3.63) is 71.1 Å². The number of halogens is 1. The number of hydrogen-bond donors (Lipinski definition) is 0. The zero-order chi connectivity index (χ0) is 21.8. The van der Waals surface area contributed by atoms with E-state index < -0.39 is 0 Å². The highest BCUT2D eigenvalue weighted by atomic mass is 35.5. The summed E-state index contributed by atoms with van der Waals surface area (Å²) < 4.78 is 17.2. The fourth-order valence-corrected chi connectivity index (χ4v) is 4.46. The van der Waals surface area contributed by atoms with Gasteiger partial charge in [0, 0.05) is 0 Å². The molecule has 0 radical (unpaired) electrons. The molecule has 6 nitrogen and oxygen atoms in total. The largest absolute Gasteiger partial charge is 0.494 e. The van der Waals surface area contributed by atoms with Gasteiger partial charge < -0.3 is 13.9 Å². The van der Waals surface area contributed by atoms with E-state index in [9.17, 15) is 4.79 Å². The minimum atomic E-state index is -0.102. The van der Waals surface area contributed by atoms with Gasteiger partial charge in [0.15, 0.2) is 5.13 Å². The third kappa shape index (κ3) is 4.68. The Bertz CT molecular complexity index is 1170. The molecule has 1 amide bonds. The van der Waals surface area contributed by atoms with E-state index in [0.717, 1.165) is 16.0 Å². The predicted molar refractivity (Wildman–Crippen MR) is 122 cm³/mol. The first-order chi connectivity index (χ1) is 15.1. The number of aromatic nitrogens is 1. The van der Waals surface area contributed by atoms with E-state index in [1.54, 1.807) is 36.5 Å². The molecule has 0 saturated heterocycles. The van der Waals surface area contributed by atoms with Crippen LogP contribution in [0.2, 0.25) is 5.02 Å². The van der Waals surface area contributed by atoms with E-state index in [2.05, 4.69) is 4.98 Å². The number of nitrogens with zero attached hydrogens (tertiary/aromatic N) is 2. The number of carbonyl (C=O) groups is 1. The number of methoxy groups -OCH3 is 1. The molecule has 160 valence electrons. The maximum atomic E-state index is 13.3. The summed E-state index contributed by atoms with van der Waals surface area (Å²) in [4.78, 5) is 19.6. The van der Waals surface area contributed by atoms with Crippen molar-refractivity contribution in [1.29, 1.82) is 0 Å². The molecule has 2 aromatic heterocycles. The zero-order valence-corrected chi connectivity index (χ0v) is 18.7. The minimum Gasteiger partial charge on any atom is -0.494 e. The first kappa shape index (κ1) is 21.2. The van der Waals surface area contributed by atoms with Gasteiger partial charge in [-0.2, -0.15) is 0 Å². The second kappa shape index (κ2) is 9.41. The van der Waals surface area contributed by atoms with Gasteiger partial charge in [-0.3, -0.25) is 9.69 Å². The van der Waals surface area contributed by atoms with Gasteiger partial charge in [0.05, 0.1) is 42.7 Å². The normalized spacial score (nSPS) is 10.9. The first-order valence-electron chi connectivity index (χ1n) is 9.76. The van der Waals surface area contributed by atoms with Gasteiger partial charge in [0.25, 0.3) is 0 Å². The van der Waals surface area contributed by atoms with Gasteiger partial charge in [-0.1, -0.05) is 35.1 Å². The Kier molecular flexibility index (Phi) is 6.44. The molecule has 0 aliphatic heterocycles. The van der Waals surface area contributed by atoms with Crippen LogP contribution >= 0.6 is 22.9 Å². The van der Waals surface area contributed by atoms with Crippen LogP contribution in [0, 0.1) is 0 Å². The van der Waals surface area contributed by atoms with Crippen molar-refractivity contribution >= 4 is 44.2 Å². The van der Waals surface area contributed by atoms with Crippen molar-refractivity contribution in [3.63, 3.8) is 0 Å². The van der Waals surface area contributed by atoms with Crippen LogP contribution in [0.4, 0.5) is 5.13 Å². The van der Waals surface area contributed by atoms with Crippen LogP contribution in [0.1, 0.15) is 18.2 Å². The molecule has 0 fully saturated rings. The maximum Gasteiger partial charge on any atom is 0.233 e. The lowest BCUT2D eigenvalue weighted by atomic mass is 10.1. The summed E-state index contributed by atoms with van der Waals surface area (Å²) in [6, 6.07) is 14.7. The third-order valence-corrected chi connectivity index (χ3v) is 6.22. The second-order valence-corrected chi connectivity index (χ2v) is 8.12. The Morgan fingerprint density at radius 2 is 2.00 bits per heavy atom. The van der Waals surface area contributed by atoms with Crippen LogP contribution in [0.25, 0.3) is 10.2 Å². The second-order valence-electron chi connectivity index (χ2n) is 6.74. The van der Waals surface area contributed by atoms with Crippen molar-refractivity contribution in [1.82, 2.24) is 4.98 Å². The van der Waals surface area contributed by atoms with Gasteiger partial charge in [-0.05, 0) is 48.9 Å². The molecule has 0 aliphatic rings. The van der Waals surface area contributed by atoms with E-state index >= 15 is 0 Å². The first-order valence-corrected chi connectivity index (χ1v) is 11.0. The smallest absolute Gasteiger partial charge is 0.233 e. The van der Waals surface area contributed by atoms with E-state index in [0.29, 0.717) is 33.8 Å². The molecule has 0 spiro atoms. The summed E-state index contributed by atoms with van der Waals surface area (Å²) in [6.07, 6.45) is 1.80. The summed E-state index contributed by atoms with van der Waals surface area (Å²) in [5.41, 5.74) is 1.52. The summed E-state index contributed by atoms with van der Waals surface area (Å²) in [6.45, 7) is 2.80. The number of ether oxygens (including phenoxy) is 2. The van der Waals surface area contributed by atoms with Crippen LogP contribution < -0.4 is 14.4 Å². The summed E-state index contributed by atoms with van der Waals surface area (Å²) >= 11 is 7.73. The molecule has 8 heteroatoms. The highest BCUT2D eigenvalue weighted by Gasteiger charge is 2.23. The number of benzene rings is 2. The summed E-state index contributed by atoms with van der Waals surface area (Å²) in [7, 11) is 1.58. The molecule has 2 heterocycles. The van der Waals surface area contributed by atoms with Crippen LogP contribution in [0.15, 0.2) is 59.2 Å². The predicted octanol–water partition coefficient (Wildman–Crippen LogP) is 5.73. The molecule has 0 aliphatic carbocycles. The van der Waals surface area contributed by atoms with E-state index in [1.165, 1.54) is 11.3 Å². The minimum absolute atomic E-state index is 0.102. The van der Waals surface area contributed by atoms with Crippen LogP contribution in [0.5, 0.6) is 11.5 Å². The topological polar surface area (TPSA) is 64.8 Å². The van der Waals surface area contributed by atoms with E-state index in [1.807, 2.05) is 37.3 Å². The molecule has 0 atom stereocenters. The molecular weight excluding hydrogens is 436 g/mol. The molecule has 0 bridgehead atoms. The molecule has 0 saturated carbocycles. The number of fused-ring (bicyclic) bond motifs is 1. The highest BCUT2D eigenvalue weighted by Crippen LogP contribution is 2.39. The Morgan fingerprint density at radius 1 is 1.19 bits per heavy atom. The standard InChI is InChI=1S/C23H21ClN2O4S/c1-3-29-16-8-6-15(7-9-16)13-20(27)26(14-17-5-4-12-30-17)23-25-21-19(28-2)11-10-18(24)22(21)31-23/h4-12H,3,13-14H2,1-2H3. The van der Waals surface area contributed by atoms with Gasteiger partial charge in [-0.25, -0.2) is 4.98 Å². The number of amides is 1. The number of anilines is 1. The van der Waals surface area contributed by atoms with Crippen molar-refractivity contribution in [3.8, 4) is 11.5 Å². The number of rotatable bonds is 8. The third-order valence-electron chi connectivity index (χ3n) is 4.68. The molecule has 4 aromatic rings. The lowest BCUT2D eigenvalue weighted by Crippen LogP contribution is -2.31. The van der Waals surface area contributed by atoms with Gasteiger partial charge in [-0.15, -0.1) is 0 Å². The van der Waals surface area contributed by atoms with Crippen molar-refractivity contribution < 1.29 is 18.7 Å². The van der Waals surface area contributed by atoms with Crippen LogP contribution in [-0.4, -0.2) is 24.6 Å².